The van der Waals surface area contributed by atoms with Gasteiger partial charge in [0.2, 0.25) is 0 Å². The highest BCUT2D eigenvalue weighted by Gasteiger charge is 2.30. The number of ether oxygens (including phenoxy) is 2. The highest BCUT2D eigenvalue weighted by molar-refractivity contribution is 7.53. The number of benzene rings is 1. The molecular formula is C17H25N2O9P. The van der Waals surface area contributed by atoms with Gasteiger partial charge in [-0.1, -0.05) is 0 Å². The maximum Gasteiger partial charge on any atom is 0.407 e. The van der Waals surface area contributed by atoms with E-state index in [1.807, 2.05) is 0 Å². The molecule has 0 bridgehead atoms. The van der Waals surface area contributed by atoms with Gasteiger partial charge in [0.15, 0.2) is 0 Å². The van der Waals surface area contributed by atoms with Gasteiger partial charge < -0.3 is 23.8 Å². The Morgan fingerprint density at radius 2 is 1.72 bits per heavy atom. The quantitative estimate of drug-likeness (QED) is 0.269. The molecule has 1 atom stereocenters. The van der Waals surface area contributed by atoms with Crippen molar-refractivity contribution in [2.45, 2.75) is 32.5 Å². The van der Waals surface area contributed by atoms with E-state index in [0.717, 1.165) is 12.1 Å². The molecule has 0 aliphatic heterocycles. The molecule has 0 spiro atoms. The summed E-state index contributed by atoms with van der Waals surface area (Å²) in [6.07, 6.45) is -2.15. The summed E-state index contributed by atoms with van der Waals surface area (Å²) >= 11 is 0. The summed E-state index contributed by atoms with van der Waals surface area (Å²) in [5.74, 6) is -0.824. The minimum atomic E-state index is -3.57. The van der Waals surface area contributed by atoms with Crippen molar-refractivity contribution in [2.24, 2.45) is 0 Å². The van der Waals surface area contributed by atoms with E-state index in [1.165, 1.54) is 26.4 Å². The molecule has 0 aliphatic rings. The van der Waals surface area contributed by atoms with Gasteiger partial charge in [-0.2, -0.15) is 0 Å². The second kappa shape index (κ2) is 10.3. The highest BCUT2D eigenvalue weighted by Crippen LogP contribution is 2.47. The lowest BCUT2D eigenvalue weighted by Gasteiger charge is -2.24. The average molecular weight is 432 g/mol. The SMILES string of the molecule is COP(=O)(C[C@H](CNC(=O)OC(C)(C)C)OC(=O)c1ccc([N+](=O)[O-])cc1)OC. The number of hydrogen-bond donors (Lipinski definition) is 1. The Balaban J connectivity index is 2.89. The van der Waals surface area contributed by atoms with Crippen molar-refractivity contribution in [3.05, 3.63) is 39.9 Å². The molecule has 0 aromatic heterocycles. The molecule has 0 heterocycles. The number of rotatable bonds is 9. The third kappa shape index (κ3) is 8.59. The van der Waals surface area contributed by atoms with Gasteiger partial charge in [-0.05, 0) is 32.9 Å². The summed E-state index contributed by atoms with van der Waals surface area (Å²) < 4.78 is 32.5. The average Bonchev–Trinajstić information content (AvgIpc) is 2.64. The zero-order chi connectivity index (χ0) is 22.2. The number of alkyl carbamates (subject to hydrolysis) is 1. The number of non-ortho nitro benzene ring substituents is 1. The Morgan fingerprint density at radius 1 is 1.17 bits per heavy atom. The van der Waals surface area contributed by atoms with Crippen LogP contribution in [0.3, 0.4) is 0 Å². The second-order valence-electron chi connectivity index (χ2n) is 6.87. The first-order valence-corrected chi connectivity index (χ1v) is 10.2. The lowest BCUT2D eigenvalue weighted by molar-refractivity contribution is -0.384. The summed E-state index contributed by atoms with van der Waals surface area (Å²) in [6, 6.07) is 4.76. The maximum absolute atomic E-state index is 12.4. The van der Waals surface area contributed by atoms with Crippen molar-refractivity contribution in [1.82, 2.24) is 5.32 Å². The first-order chi connectivity index (χ1) is 13.4. The molecule has 162 valence electrons. The van der Waals surface area contributed by atoms with E-state index in [0.29, 0.717) is 0 Å². The van der Waals surface area contributed by atoms with Crippen LogP contribution in [0.4, 0.5) is 10.5 Å². The predicted octanol–water partition coefficient (Wildman–Crippen LogP) is 3.13. The molecule has 11 nitrogen and oxygen atoms in total. The van der Waals surface area contributed by atoms with E-state index in [1.54, 1.807) is 20.8 Å². The highest BCUT2D eigenvalue weighted by atomic mass is 31.2. The molecule has 12 heteroatoms. The Bertz CT molecular complexity index is 766. The molecule has 1 N–H and O–H groups in total. The van der Waals surface area contributed by atoms with Gasteiger partial charge in [0.1, 0.15) is 11.7 Å². The van der Waals surface area contributed by atoms with Crippen molar-refractivity contribution in [3.63, 3.8) is 0 Å². The number of nitro benzene ring substituents is 1. The Kier molecular flexibility index (Phi) is 8.75. The smallest absolute Gasteiger partial charge is 0.407 e. The summed E-state index contributed by atoms with van der Waals surface area (Å²) in [4.78, 5) is 34.3. The number of nitro groups is 1. The molecule has 0 unspecified atom stereocenters. The minimum Gasteiger partial charge on any atom is -0.456 e. The molecular weight excluding hydrogens is 407 g/mol. The molecule has 0 saturated heterocycles. The van der Waals surface area contributed by atoms with Gasteiger partial charge in [0.25, 0.3) is 5.69 Å². The standard InChI is InChI=1S/C17H25N2O9P/c1-17(2,3)28-16(21)18-10-14(11-29(24,25-4)26-5)27-15(20)12-6-8-13(9-7-12)19(22)23/h6-9,14H,10-11H2,1-5H3,(H,18,21)/t14-/m0/s1. The zero-order valence-corrected chi connectivity index (χ0v) is 17.8. The molecule has 1 amide bonds. The lowest BCUT2D eigenvalue weighted by atomic mass is 10.2. The van der Waals surface area contributed by atoms with Crippen LogP contribution in [0.15, 0.2) is 24.3 Å². The van der Waals surface area contributed by atoms with Crippen LogP contribution in [0, 0.1) is 10.1 Å². The van der Waals surface area contributed by atoms with Crippen LogP contribution in [-0.2, 0) is 23.1 Å². The molecule has 0 radical (unpaired) electrons. The van der Waals surface area contributed by atoms with E-state index in [-0.39, 0.29) is 24.0 Å². The maximum atomic E-state index is 12.4. The van der Waals surface area contributed by atoms with Gasteiger partial charge >= 0.3 is 19.7 Å². The fourth-order valence-corrected chi connectivity index (χ4v) is 3.22. The minimum absolute atomic E-state index is 0.0440. The second-order valence-corrected chi connectivity index (χ2v) is 9.19. The predicted molar refractivity (Wildman–Crippen MR) is 103 cm³/mol. The number of amides is 1. The van der Waals surface area contributed by atoms with Crippen molar-refractivity contribution < 1.29 is 37.6 Å². The van der Waals surface area contributed by atoms with Gasteiger partial charge in [0.05, 0.1) is 23.2 Å². The Morgan fingerprint density at radius 3 is 2.17 bits per heavy atom. The normalized spacial score (nSPS) is 12.7. The number of nitrogens with zero attached hydrogens (tertiary/aromatic N) is 1. The number of esters is 1. The first-order valence-electron chi connectivity index (χ1n) is 8.52. The summed E-state index contributed by atoms with van der Waals surface area (Å²) in [7, 11) is -1.20. The number of nitrogens with one attached hydrogen (secondary N) is 1. The van der Waals surface area contributed by atoms with Crippen LogP contribution in [-0.4, -0.2) is 55.6 Å². The van der Waals surface area contributed by atoms with Crippen molar-refractivity contribution >= 4 is 25.3 Å². The first kappa shape index (κ1) is 24.5. The number of carbonyl (C=O) groups excluding carboxylic acids is 2. The molecule has 0 saturated carbocycles. The molecule has 1 aromatic carbocycles. The van der Waals surface area contributed by atoms with E-state index in [9.17, 15) is 24.3 Å². The molecule has 0 aliphatic carbocycles. The summed E-state index contributed by atoms with van der Waals surface area (Å²) in [5.41, 5.74) is -0.876. The van der Waals surface area contributed by atoms with Crippen LogP contribution < -0.4 is 5.32 Å². The fourth-order valence-electron chi connectivity index (χ4n) is 2.07. The van der Waals surface area contributed by atoms with Gasteiger partial charge in [-0.25, -0.2) is 9.59 Å². The van der Waals surface area contributed by atoms with Crippen LogP contribution in [0.1, 0.15) is 31.1 Å². The van der Waals surface area contributed by atoms with Crippen molar-refractivity contribution in [2.75, 3.05) is 26.9 Å². The van der Waals surface area contributed by atoms with E-state index < -0.39 is 36.3 Å². The monoisotopic (exact) mass is 432 g/mol. The van der Waals surface area contributed by atoms with Crippen molar-refractivity contribution in [1.29, 1.82) is 0 Å². The lowest BCUT2D eigenvalue weighted by Crippen LogP contribution is -2.40. The topological polar surface area (TPSA) is 143 Å². The van der Waals surface area contributed by atoms with Crippen LogP contribution in [0.25, 0.3) is 0 Å². The van der Waals surface area contributed by atoms with E-state index in [2.05, 4.69) is 5.32 Å². The summed E-state index contributed by atoms with van der Waals surface area (Å²) in [6.45, 7) is 4.83. The van der Waals surface area contributed by atoms with Gasteiger partial charge in [-0.15, -0.1) is 0 Å². The third-order valence-electron chi connectivity index (χ3n) is 3.44. The van der Waals surface area contributed by atoms with Crippen LogP contribution >= 0.6 is 7.60 Å². The zero-order valence-electron chi connectivity index (χ0n) is 16.9. The molecule has 1 aromatic rings. The largest absolute Gasteiger partial charge is 0.456 e. The molecule has 0 fully saturated rings. The summed E-state index contributed by atoms with van der Waals surface area (Å²) in [5, 5.41) is 13.1. The number of hydrogen-bond acceptors (Lipinski definition) is 9. The molecule has 29 heavy (non-hydrogen) atoms. The third-order valence-corrected chi connectivity index (χ3v) is 5.41. The molecule has 1 rings (SSSR count). The number of carbonyl (C=O) groups is 2. The van der Waals surface area contributed by atoms with Crippen LogP contribution in [0.5, 0.6) is 0 Å². The van der Waals surface area contributed by atoms with Gasteiger partial charge in [0, 0.05) is 26.4 Å². The van der Waals surface area contributed by atoms with Crippen molar-refractivity contribution in [3.8, 4) is 0 Å². The van der Waals surface area contributed by atoms with E-state index >= 15 is 0 Å². The fraction of sp³-hybridized carbons (Fsp3) is 0.529. The van der Waals surface area contributed by atoms with E-state index in [4.69, 9.17) is 18.5 Å². The van der Waals surface area contributed by atoms with Crippen LogP contribution in [0.2, 0.25) is 0 Å². The Labute approximate surface area is 168 Å². The Hall–Kier alpha value is -2.49. The van der Waals surface area contributed by atoms with Gasteiger partial charge in [-0.3, -0.25) is 14.7 Å².